The van der Waals surface area contributed by atoms with E-state index in [1.807, 2.05) is 0 Å². The second kappa shape index (κ2) is 9.03. The summed E-state index contributed by atoms with van der Waals surface area (Å²) in [6.45, 7) is 9.66. The molecule has 2 fully saturated rings. The van der Waals surface area contributed by atoms with Crippen molar-refractivity contribution in [2.24, 2.45) is 17.3 Å². The molecule has 1 unspecified atom stereocenters. The van der Waals surface area contributed by atoms with E-state index in [-0.39, 0.29) is 5.91 Å². The Morgan fingerprint density at radius 3 is 2.61 bits per heavy atom. The number of hydrogen-bond acceptors (Lipinski definition) is 3. The number of carbonyl (C=O) groups is 1. The van der Waals surface area contributed by atoms with Crippen LogP contribution in [-0.4, -0.2) is 50.7 Å². The molecule has 0 aromatic carbocycles. The summed E-state index contributed by atoms with van der Waals surface area (Å²) in [6.07, 6.45) is 8.22. The number of amides is 1. The number of rotatable bonds is 7. The molecule has 2 rings (SSSR count). The molecule has 1 N–H and O–H groups in total. The van der Waals surface area contributed by atoms with Crippen molar-refractivity contribution in [2.75, 3.05) is 39.9 Å². The van der Waals surface area contributed by atoms with Gasteiger partial charge >= 0.3 is 0 Å². The van der Waals surface area contributed by atoms with Crippen LogP contribution in [0.15, 0.2) is 0 Å². The summed E-state index contributed by atoms with van der Waals surface area (Å²) >= 11 is 0. The molecule has 2 aliphatic rings. The fraction of sp³-hybridized carbons (Fsp3) is 0.947. The van der Waals surface area contributed by atoms with Gasteiger partial charge in [-0.05, 0) is 56.0 Å². The summed E-state index contributed by atoms with van der Waals surface area (Å²) in [4.78, 5) is 14.8. The SMILES string of the molecule is COCCN1CCC(CNC(=O)CC2CCCCC2(C)C)CC1. The number of methoxy groups -OCH3 is 1. The smallest absolute Gasteiger partial charge is 0.220 e. The van der Waals surface area contributed by atoms with Crippen LogP contribution in [0.1, 0.15) is 58.8 Å². The Morgan fingerprint density at radius 1 is 1.22 bits per heavy atom. The molecule has 1 saturated carbocycles. The Labute approximate surface area is 142 Å². The number of ether oxygens (including phenoxy) is 1. The summed E-state index contributed by atoms with van der Waals surface area (Å²) in [5, 5.41) is 3.21. The summed E-state index contributed by atoms with van der Waals surface area (Å²) in [5.41, 5.74) is 0.336. The van der Waals surface area contributed by atoms with Crippen molar-refractivity contribution >= 4 is 5.91 Å². The minimum absolute atomic E-state index is 0.270. The third-order valence-corrected chi connectivity index (χ3v) is 6.07. The van der Waals surface area contributed by atoms with Crippen molar-refractivity contribution in [2.45, 2.75) is 58.8 Å². The molecule has 0 aromatic rings. The summed E-state index contributed by atoms with van der Waals surface area (Å²) < 4.78 is 5.14. The topological polar surface area (TPSA) is 41.6 Å². The van der Waals surface area contributed by atoms with Gasteiger partial charge in [-0.25, -0.2) is 0 Å². The lowest BCUT2D eigenvalue weighted by Gasteiger charge is -2.38. The monoisotopic (exact) mass is 324 g/mol. The van der Waals surface area contributed by atoms with Gasteiger partial charge < -0.3 is 15.0 Å². The second-order valence-corrected chi connectivity index (χ2v) is 8.22. The van der Waals surface area contributed by atoms with E-state index >= 15 is 0 Å². The van der Waals surface area contributed by atoms with Crippen molar-refractivity contribution in [3.05, 3.63) is 0 Å². The van der Waals surface area contributed by atoms with Gasteiger partial charge in [-0.1, -0.05) is 26.7 Å². The van der Waals surface area contributed by atoms with Gasteiger partial charge in [0.25, 0.3) is 0 Å². The molecule has 0 bridgehead atoms. The normalized spacial score (nSPS) is 26.1. The Hall–Kier alpha value is -0.610. The Morgan fingerprint density at radius 2 is 1.96 bits per heavy atom. The van der Waals surface area contributed by atoms with Gasteiger partial charge in [0, 0.05) is 26.6 Å². The van der Waals surface area contributed by atoms with E-state index in [1.165, 1.54) is 38.5 Å². The molecule has 4 heteroatoms. The van der Waals surface area contributed by atoms with E-state index < -0.39 is 0 Å². The molecular weight excluding hydrogens is 288 g/mol. The van der Waals surface area contributed by atoms with Gasteiger partial charge in [0.2, 0.25) is 5.91 Å². The lowest BCUT2D eigenvalue weighted by Crippen LogP contribution is -2.40. The predicted octanol–water partition coefficient (Wildman–Crippen LogP) is 3.07. The molecule has 1 atom stereocenters. The van der Waals surface area contributed by atoms with Gasteiger partial charge in [-0.2, -0.15) is 0 Å². The highest BCUT2D eigenvalue weighted by atomic mass is 16.5. The third-order valence-electron chi connectivity index (χ3n) is 6.07. The fourth-order valence-corrected chi connectivity index (χ4v) is 4.13. The zero-order chi connectivity index (χ0) is 16.7. The van der Waals surface area contributed by atoms with Gasteiger partial charge in [0.15, 0.2) is 0 Å². The van der Waals surface area contributed by atoms with Crippen molar-refractivity contribution in [1.29, 1.82) is 0 Å². The second-order valence-electron chi connectivity index (χ2n) is 8.22. The molecule has 1 aliphatic heterocycles. The van der Waals surface area contributed by atoms with Crippen molar-refractivity contribution < 1.29 is 9.53 Å². The zero-order valence-electron chi connectivity index (χ0n) is 15.4. The first-order chi connectivity index (χ1) is 11.0. The van der Waals surface area contributed by atoms with Crippen molar-refractivity contribution in [1.82, 2.24) is 10.2 Å². The molecule has 23 heavy (non-hydrogen) atoms. The van der Waals surface area contributed by atoms with Crippen LogP contribution in [0.2, 0.25) is 0 Å². The van der Waals surface area contributed by atoms with Crippen LogP contribution in [-0.2, 0) is 9.53 Å². The number of carbonyl (C=O) groups excluding carboxylic acids is 1. The molecule has 1 aliphatic carbocycles. The maximum Gasteiger partial charge on any atom is 0.220 e. The van der Waals surface area contributed by atoms with E-state index in [2.05, 4.69) is 24.1 Å². The highest BCUT2D eigenvalue weighted by molar-refractivity contribution is 5.76. The average molecular weight is 325 g/mol. The molecule has 0 aromatic heterocycles. The van der Waals surface area contributed by atoms with E-state index in [1.54, 1.807) is 7.11 Å². The fourth-order valence-electron chi connectivity index (χ4n) is 4.13. The lowest BCUT2D eigenvalue weighted by atomic mass is 9.67. The van der Waals surface area contributed by atoms with Crippen LogP contribution in [0.5, 0.6) is 0 Å². The number of piperidine rings is 1. The van der Waals surface area contributed by atoms with Gasteiger partial charge in [0.05, 0.1) is 6.61 Å². The first-order valence-corrected chi connectivity index (χ1v) is 9.49. The van der Waals surface area contributed by atoms with E-state index in [0.717, 1.165) is 39.2 Å². The summed E-state index contributed by atoms with van der Waals surface area (Å²) in [6, 6.07) is 0. The highest BCUT2D eigenvalue weighted by Crippen LogP contribution is 2.42. The van der Waals surface area contributed by atoms with Crippen LogP contribution in [0.4, 0.5) is 0 Å². The Bertz CT molecular complexity index is 362. The van der Waals surface area contributed by atoms with Crippen molar-refractivity contribution in [3.63, 3.8) is 0 Å². The quantitative estimate of drug-likeness (QED) is 0.782. The molecule has 0 spiro atoms. The van der Waals surface area contributed by atoms with E-state index in [0.29, 0.717) is 17.3 Å². The number of likely N-dealkylation sites (tertiary alicyclic amines) is 1. The van der Waals surface area contributed by atoms with Gasteiger partial charge in [-0.15, -0.1) is 0 Å². The molecule has 4 nitrogen and oxygen atoms in total. The van der Waals surface area contributed by atoms with E-state index in [4.69, 9.17) is 4.74 Å². The minimum Gasteiger partial charge on any atom is -0.383 e. The first kappa shape index (κ1) is 18.7. The lowest BCUT2D eigenvalue weighted by molar-refractivity contribution is -0.123. The minimum atomic E-state index is 0.270. The van der Waals surface area contributed by atoms with Crippen LogP contribution >= 0.6 is 0 Å². The molecule has 1 heterocycles. The Balaban J connectivity index is 1.63. The molecule has 0 radical (unpaired) electrons. The standard InChI is InChI=1S/C19H36N2O2/c1-19(2)9-5-4-6-17(19)14-18(22)20-15-16-7-10-21(11-8-16)12-13-23-3/h16-17H,4-15H2,1-3H3,(H,20,22). The van der Waals surface area contributed by atoms with Gasteiger partial charge in [-0.3, -0.25) is 4.79 Å². The van der Waals surface area contributed by atoms with Crippen LogP contribution in [0.3, 0.4) is 0 Å². The van der Waals surface area contributed by atoms with Crippen LogP contribution in [0.25, 0.3) is 0 Å². The van der Waals surface area contributed by atoms with Crippen molar-refractivity contribution in [3.8, 4) is 0 Å². The molecule has 134 valence electrons. The molecule has 1 amide bonds. The Kier molecular flexibility index (Phi) is 7.35. The summed E-state index contributed by atoms with van der Waals surface area (Å²) in [5.74, 6) is 1.48. The zero-order valence-corrected chi connectivity index (χ0v) is 15.4. The average Bonchev–Trinajstić information content (AvgIpc) is 2.54. The number of hydrogen-bond donors (Lipinski definition) is 1. The third kappa shape index (κ3) is 6.07. The maximum absolute atomic E-state index is 12.3. The maximum atomic E-state index is 12.3. The van der Waals surface area contributed by atoms with Crippen LogP contribution in [0, 0.1) is 17.3 Å². The highest BCUT2D eigenvalue weighted by Gasteiger charge is 2.33. The van der Waals surface area contributed by atoms with E-state index in [9.17, 15) is 4.79 Å². The summed E-state index contributed by atoms with van der Waals surface area (Å²) in [7, 11) is 1.76. The largest absolute Gasteiger partial charge is 0.383 e. The molecular formula is C19H36N2O2. The number of nitrogens with one attached hydrogen (secondary N) is 1. The van der Waals surface area contributed by atoms with Gasteiger partial charge in [0.1, 0.15) is 0 Å². The predicted molar refractivity (Wildman–Crippen MR) is 94.4 cm³/mol. The van der Waals surface area contributed by atoms with Crippen LogP contribution < -0.4 is 5.32 Å². The number of nitrogens with zero attached hydrogens (tertiary/aromatic N) is 1. The first-order valence-electron chi connectivity index (χ1n) is 9.49. The molecule has 1 saturated heterocycles.